The number of anilines is 2. The molecule has 0 atom stereocenters. The Hall–Kier alpha value is -3.35. The smallest absolute Gasteiger partial charge is 0.272 e. The van der Waals surface area contributed by atoms with Crippen molar-refractivity contribution >= 4 is 34.1 Å². The van der Waals surface area contributed by atoms with Gasteiger partial charge in [-0.05, 0) is 36.4 Å². The highest BCUT2D eigenvalue weighted by molar-refractivity contribution is 6.06. The van der Waals surface area contributed by atoms with E-state index in [0.29, 0.717) is 28.0 Å². The van der Waals surface area contributed by atoms with E-state index in [0.717, 1.165) is 0 Å². The zero-order valence-electron chi connectivity index (χ0n) is 12.4. The number of hydrogen-bond acceptors (Lipinski definition) is 3. The molecule has 4 rings (SSSR count). The average Bonchev–Trinajstić information content (AvgIpc) is 3.00. The summed E-state index contributed by atoms with van der Waals surface area (Å²) in [6.07, 6.45) is 0. The summed E-state index contributed by atoms with van der Waals surface area (Å²) in [5, 5.41) is 5.73. The van der Waals surface area contributed by atoms with Crippen molar-refractivity contribution < 1.29 is 18.7 Å². The van der Waals surface area contributed by atoms with Gasteiger partial charge in [-0.15, -0.1) is 0 Å². The maximum atomic E-state index is 13.7. The average molecular weight is 325 g/mol. The maximum absolute atomic E-state index is 13.7. The van der Waals surface area contributed by atoms with Crippen LogP contribution in [0.2, 0.25) is 0 Å². The Kier molecular flexibility index (Phi) is 3.19. The fraction of sp³-hybridized carbons (Fsp3) is 0.0588. The van der Waals surface area contributed by atoms with Crippen molar-refractivity contribution in [1.29, 1.82) is 0 Å². The van der Waals surface area contributed by atoms with Gasteiger partial charge in [0.1, 0.15) is 17.3 Å². The van der Waals surface area contributed by atoms with Crippen LogP contribution >= 0.6 is 0 Å². The maximum Gasteiger partial charge on any atom is 0.272 e. The van der Waals surface area contributed by atoms with Gasteiger partial charge in [-0.1, -0.05) is 6.07 Å². The van der Waals surface area contributed by atoms with Crippen molar-refractivity contribution in [2.45, 2.75) is 0 Å². The lowest BCUT2D eigenvalue weighted by atomic mass is 10.2. The first-order chi connectivity index (χ1) is 11.6. The van der Waals surface area contributed by atoms with Crippen LogP contribution in [0.5, 0.6) is 5.75 Å². The van der Waals surface area contributed by atoms with Gasteiger partial charge in [0.25, 0.3) is 11.8 Å². The van der Waals surface area contributed by atoms with Crippen LogP contribution < -0.4 is 15.4 Å². The molecule has 1 aromatic heterocycles. The van der Waals surface area contributed by atoms with Gasteiger partial charge in [0.15, 0.2) is 6.61 Å². The lowest BCUT2D eigenvalue weighted by Crippen LogP contribution is -2.25. The monoisotopic (exact) mass is 325 g/mol. The number of hydrogen-bond donors (Lipinski definition) is 3. The molecule has 0 spiro atoms. The number of ether oxygens (including phenoxy) is 1. The van der Waals surface area contributed by atoms with Crippen LogP contribution in [0.1, 0.15) is 10.5 Å². The second-order valence-electron chi connectivity index (χ2n) is 5.39. The van der Waals surface area contributed by atoms with E-state index in [9.17, 15) is 14.0 Å². The van der Waals surface area contributed by atoms with Crippen molar-refractivity contribution in [3.63, 3.8) is 0 Å². The summed E-state index contributed by atoms with van der Waals surface area (Å²) in [5.41, 5.74) is 1.77. The third kappa shape index (κ3) is 2.45. The number of rotatable bonds is 2. The zero-order chi connectivity index (χ0) is 16.7. The topological polar surface area (TPSA) is 83.2 Å². The summed E-state index contributed by atoms with van der Waals surface area (Å²) < 4.78 is 19.0. The van der Waals surface area contributed by atoms with Crippen LogP contribution in [0.4, 0.5) is 15.8 Å². The van der Waals surface area contributed by atoms with Gasteiger partial charge in [0.2, 0.25) is 0 Å². The van der Waals surface area contributed by atoms with Gasteiger partial charge in [0, 0.05) is 16.6 Å². The molecule has 3 N–H and O–H groups in total. The van der Waals surface area contributed by atoms with E-state index in [1.807, 2.05) is 0 Å². The van der Waals surface area contributed by atoms with Crippen molar-refractivity contribution in [2.75, 3.05) is 17.2 Å². The van der Waals surface area contributed by atoms with Crippen molar-refractivity contribution in [3.05, 3.63) is 54.0 Å². The molecule has 0 bridgehead atoms. The molecule has 0 unspecified atom stereocenters. The summed E-state index contributed by atoms with van der Waals surface area (Å²) in [6.45, 7) is -0.0284. The molecule has 7 heteroatoms. The third-order valence-electron chi connectivity index (χ3n) is 3.73. The first-order valence-electron chi connectivity index (χ1n) is 7.25. The Labute approximate surface area is 135 Å². The van der Waals surface area contributed by atoms with Crippen molar-refractivity contribution in [3.8, 4) is 5.75 Å². The van der Waals surface area contributed by atoms with Gasteiger partial charge >= 0.3 is 0 Å². The van der Waals surface area contributed by atoms with E-state index in [1.54, 1.807) is 30.3 Å². The number of aromatic nitrogens is 1. The van der Waals surface area contributed by atoms with Gasteiger partial charge in [-0.3, -0.25) is 9.59 Å². The lowest BCUT2D eigenvalue weighted by molar-refractivity contribution is -0.118. The minimum atomic E-state index is -0.409. The van der Waals surface area contributed by atoms with E-state index < -0.39 is 11.7 Å². The Morgan fingerprint density at radius 2 is 2.08 bits per heavy atom. The highest BCUT2D eigenvalue weighted by Crippen LogP contribution is 2.30. The summed E-state index contributed by atoms with van der Waals surface area (Å²) in [6, 6.07) is 11.0. The van der Waals surface area contributed by atoms with Crippen LogP contribution in [0.3, 0.4) is 0 Å². The van der Waals surface area contributed by atoms with Crippen LogP contribution in [0.15, 0.2) is 42.5 Å². The highest BCUT2D eigenvalue weighted by atomic mass is 19.1. The normalized spacial score (nSPS) is 13.1. The first kappa shape index (κ1) is 14.3. The third-order valence-corrected chi connectivity index (χ3v) is 3.73. The Bertz CT molecular complexity index is 980. The van der Waals surface area contributed by atoms with E-state index in [2.05, 4.69) is 15.6 Å². The largest absolute Gasteiger partial charge is 0.482 e. The minimum absolute atomic E-state index is 0.0284. The molecule has 0 saturated heterocycles. The molecule has 2 amide bonds. The summed E-state index contributed by atoms with van der Waals surface area (Å²) in [5.74, 6) is -0.512. The molecule has 6 nitrogen and oxygen atoms in total. The number of amides is 2. The molecular formula is C17H12FN3O3. The van der Waals surface area contributed by atoms with E-state index in [4.69, 9.17) is 4.74 Å². The number of aromatic amines is 1. The molecule has 2 aromatic carbocycles. The van der Waals surface area contributed by atoms with E-state index >= 15 is 0 Å². The number of carbonyl (C=O) groups is 2. The number of halogens is 1. The Morgan fingerprint density at radius 3 is 2.92 bits per heavy atom. The highest BCUT2D eigenvalue weighted by Gasteiger charge is 2.17. The van der Waals surface area contributed by atoms with Crippen LogP contribution in [0.25, 0.3) is 10.9 Å². The molecule has 120 valence electrons. The first-order valence-corrected chi connectivity index (χ1v) is 7.25. The van der Waals surface area contributed by atoms with Gasteiger partial charge in [0.05, 0.1) is 5.69 Å². The van der Waals surface area contributed by atoms with Gasteiger partial charge in [-0.25, -0.2) is 4.39 Å². The lowest BCUT2D eigenvalue weighted by Gasteiger charge is -2.18. The van der Waals surface area contributed by atoms with E-state index in [1.165, 1.54) is 12.1 Å². The Morgan fingerprint density at radius 1 is 1.21 bits per heavy atom. The quantitative estimate of drug-likeness (QED) is 0.677. The SMILES string of the molecule is O=C1COc2ccc(NC(=O)c3cc4c(F)cccc4[nH]3)cc2N1. The molecular weight excluding hydrogens is 313 g/mol. The second-order valence-corrected chi connectivity index (χ2v) is 5.39. The molecule has 24 heavy (non-hydrogen) atoms. The second kappa shape index (κ2) is 5.38. The molecule has 1 aliphatic rings. The Balaban J connectivity index is 1.60. The number of H-pyrrole nitrogens is 1. The predicted octanol–water partition coefficient (Wildman–Crippen LogP) is 2.89. The molecule has 0 radical (unpaired) electrons. The predicted molar refractivity (Wildman–Crippen MR) is 86.8 cm³/mol. The summed E-state index contributed by atoms with van der Waals surface area (Å²) in [4.78, 5) is 26.6. The van der Waals surface area contributed by atoms with Gasteiger partial charge in [-0.2, -0.15) is 0 Å². The molecule has 0 aliphatic carbocycles. The molecule has 0 fully saturated rings. The fourth-order valence-electron chi connectivity index (χ4n) is 2.60. The number of nitrogens with one attached hydrogen (secondary N) is 3. The van der Waals surface area contributed by atoms with E-state index in [-0.39, 0.29) is 18.2 Å². The van der Waals surface area contributed by atoms with Crippen LogP contribution in [-0.4, -0.2) is 23.4 Å². The zero-order valence-corrected chi connectivity index (χ0v) is 12.4. The van der Waals surface area contributed by atoms with Crippen LogP contribution in [-0.2, 0) is 4.79 Å². The number of benzene rings is 2. The van der Waals surface area contributed by atoms with Crippen molar-refractivity contribution in [2.24, 2.45) is 0 Å². The number of fused-ring (bicyclic) bond motifs is 2. The summed E-state index contributed by atoms with van der Waals surface area (Å²) >= 11 is 0. The van der Waals surface area contributed by atoms with Gasteiger partial charge < -0.3 is 20.4 Å². The fourth-order valence-corrected chi connectivity index (χ4v) is 2.60. The molecule has 1 aliphatic heterocycles. The molecule has 0 saturated carbocycles. The molecule has 3 aromatic rings. The van der Waals surface area contributed by atoms with Crippen LogP contribution in [0, 0.1) is 5.82 Å². The summed E-state index contributed by atoms with van der Waals surface area (Å²) in [7, 11) is 0. The number of carbonyl (C=O) groups excluding carboxylic acids is 2. The molecule has 2 heterocycles. The van der Waals surface area contributed by atoms with Crippen molar-refractivity contribution in [1.82, 2.24) is 4.98 Å². The minimum Gasteiger partial charge on any atom is -0.482 e. The standard InChI is InChI=1S/C17H12FN3O3/c18-11-2-1-3-12-10(11)7-14(20-12)17(23)19-9-4-5-15-13(6-9)21-16(22)8-24-15/h1-7,20H,8H2,(H,19,23)(H,21,22).